The number of carbonyl (C=O) groups is 1. The van der Waals surface area contributed by atoms with Crippen molar-refractivity contribution in [1.29, 1.82) is 0 Å². The summed E-state index contributed by atoms with van der Waals surface area (Å²) in [6.45, 7) is 0.165. The number of carbonyl (C=O) groups excluding carboxylic acids is 1. The summed E-state index contributed by atoms with van der Waals surface area (Å²) in [4.78, 5) is 23.4. The highest BCUT2D eigenvalue weighted by Gasteiger charge is 2.18. The smallest absolute Gasteiger partial charge is 0.310 e. The fourth-order valence-corrected chi connectivity index (χ4v) is 1.39. The van der Waals surface area contributed by atoms with E-state index >= 15 is 0 Å². The minimum atomic E-state index is -0.571. The van der Waals surface area contributed by atoms with Crippen LogP contribution in [0.1, 0.15) is 10.4 Å². The number of terminal acetylenes is 1. The molecule has 6 heteroatoms. The molecule has 0 bridgehead atoms. The summed E-state index contributed by atoms with van der Waals surface area (Å²) in [6.07, 6.45) is 5.11. The molecule has 0 aliphatic carbocycles. The minimum absolute atomic E-state index is 0.0416. The Morgan fingerprint density at radius 3 is 2.78 bits per heavy atom. The summed E-state index contributed by atoms with van der Waals surface area (Å²) >= 11 is 0. The van der Waals surface area contributed by atoms with E-state index in [9.17, 15) is 14.9 Å². The van der Waals surface area contributed by atoms with Crippen LogP contribution in [0.5, 0.6) is 5.75 Å². The minimum Gasteiger partial charge on any atom is -0.490 e. The summed E-state index contributed by atoms with van der Waals surface area (Å²) in [6, 6.07) is 3.93. The molecule has 18 heavy (non-hydrogen) atoms. The molecule has 0 aliphatic heterocycles. The standard InChI is InChI=1S/C12H12N2O4/c1-4-7-13(2)12(15)9-5-6-10(14(16)17)11(8-9)18-3/h1,5-6,8H,7H2,2-3H3. The molecule has 1 rings (SSSR count). The summed E-state index contributed by atoms with van der Waals surface area (Å²) < 4.78 is 4.88. The average molecular weight is 248 g/mol. The molecular weight excluding hydrogens is 236 g/mol. The molecule has 0 atom stereocenters. The van der Waals surface area contributed by atoms with Crippen LogP contribution in [0, 0.1) is 22.5 Å². The number of ether oxygens (including phenoxy) is 1. The van der Waals surface area contributed by atoms with Gasteiger partial charge in [0.1, 0.15) is 0 Å². The van der Waals surface area contributed by atoms with Crippen molar-refractivity contribution in [1.82, 2.24) is 4.90 Å². The quantitative estimate of drug-likeness (QED) is 0.457. The molecule has 1 aromatic rings. The first-order chi connectivity index (χ1) is 8.51. The molecule has 0 unspecified atom stereocenters. The number of rotatable bonds is 4. The Labute approximate surface area is 104 Å². The van der Waals surface area contributed by atoms with E-state index in [0.717, 1.165) is 0 Å². The molecule has 0 fully saturated rings. The average Bonchev–Trinajstić information content (AvgIpc) is 2.37. The van der Waals surface area contributed by atoms with E-state index in [0.29, 0.717) is 0 Å². The van der Waals surface area contributed by atoms with Gasteiger partial charge in [0.15, 0.2) is 5.75 Å². The Hall–Kier alpha value is -2.55. The molecule has 0 saturated carbocycles. The Bertz CT molecular complexity index is 519. The third-order valence-corrected chi connectivity index (χ3v) is 2.30. The topological polar surface area (TPSA) is 72.7 Å². The van der Waals surface area contributed by atoms with Crippen molar-refractivity contribution >= 4 is 11.6 Å². The molecule has 0 N–H and O–H groups in total. The summed E-state index contributed by atoms with van der Waals surface area (Å²) in [5.41, 5.74) is 0.101. The number of methoxy groups -OCH3 is 1. The molecule has 0 heterocycles. The molecule has 94 valence electrons. The van der Waals surface area contributed by atoms with Crippen molar-refractivity contribution in [2.24, 2.45) is 0 Å². The van der Waals surface area contributed by atoms with Gasteiger partial charge in [0, 0.05) is 24.7 Å². The van der Waals surface area contributed by atoms with Crippen LogP contribution in [-0.4, -0.2) is 36.4 Å². The zero-order valence-electron chi connectivity index (χ0n) is 10.0. The van der Waals surface area contributed by atoms with E-state index in [2.05, 4.69) is 5.92 Å². The van der Waals surface area contributed by atoms with Crippen LogP contribution in [0.3, 0.4) is 0 Å². The van der Waals surface area contributed by atoms with Gasteiger partial charge in [-0.2, -0.15) is 0 Å². The largest absolute Gasteiger partial charge is 0.490 e. The van der Waals surface area contributed by atoms with Gasteiger partial charge >= 0.3 is 5.69 Å². The second-order valence-electron chi connectivity index (χ2n) is 3.51. The molecule has 0 saturated heterocycles. The first kappa shape index (κ1) is 13.5. The molecule has 0 spiro atoms. The number of nitrogens with zero attached hydrogens (tertiary/aromatic N) is 2. The van der Waals surface area contributed by atoms with Crippen LogP contribution >= 0.6 is 0 Å². The van der Waals surface area contributed by atoms with Gasteiger partial charge < -0.3 is 9.64 Å². The maximum absolute atomic E-state index is 11.9. The SMILES string of the molecule is C#CCN(C)C(=O)c1ccc([N+](=O)[O-])c(OC)c1. The van der Waals surface area contributed by atoms with Gasteiger partial charge in [-0.1, -0.05) is 5.92 Å². The van der Waals surface area contributed by atoms with E-state index in [1.807, 2.05) is 0 Å². The fraction of sp³-hybridized carbons (Fsp3) is 0.250. The molecule has 6 nitrogen and oxygen atoms in total. The maximum Gasteiger partial charge on any atom is 0.310 e. The number of hydrogen-bond acceptors (Lipinski definition) is 4. The van der Waals surface area contributed by atoms with Gasteiger partial charge in [-0.15, -0.1) is 6.42 Å². The Morgan fingerprint density at radius 2 is 2.28 bits per heavy atom. The lowest BCUT2D eigenvalue weighted by molar-refractivity contribution is -0.385. The van der Waals surface area contributed by atoms with Crippen molar-refractivity contribution in [2.75, 3.05) is 20.7 Å². The van der Waals surface area contributed by atoms with Crippen LogP contribution in [0.2, 0.25) is 0 Å². The lowest BCUT2D eigenvalue weighted by Gasteiger charge is -2.14. The Balaban J connectivity index is 3.10. The van der Waals surface area contributed by atoms with E-state index in [-0.39, 0.29) is 29.5 Å². The molecular formula is C12H12N2O4. The highest BCUT2D eigenvalue weighted by molar-refractivity contribution is 5.95. The van der Waals surface area contributed by atoms with Crippen molar-refractivity contribution in [3.8, 4) is 18.1 Å². The zero-order valence-corrected chi connectivity index (χ0v) is 10.0. The second kappa shape index (κ2) is 5.68. The predicted octanol–water partition coefficient (Wildman–Crippen LogP) is 1.31. The molecule has 0 aromatic heterocycles. The second-order valence-corrected chi connectivity index (χ2v) is 3.51. The maximum atomic E-state index is 11.9. The third-order valence-electron chi connectivity index (χ3n) is 2.30. The van der Waals surface area contributed by atoms with Gasteiger partial charge in [-0.3, -0.25) is 14.9 Å². The van der Waals surface area contributed by atoms with E-state index in [1.165, 1.54) is 30.2 Å². The Morgan fingerprint density at radius 1 is 1.61 bits per heavy atom. The summed E-state index contributed by atoms with van der Waals surface area (Å²) in [5.74, 6) is 2.07. The molecule has 0 radical (unpaired) electrons. The van der Waals surface area contributed by atoms with Crippen molar-refractivity contribution < 1.29 is 14.5 Å². The van der Waals surface area contributed by atoms with Gasteiger partial charge in [0.2, 0.25) is 0 Å². The van der Waals surface area contributed by atoms with E-state index in [4.69, 9.17) is 11.2 Å². The van der Waals surface area contributed by atoms with Crippen LogP contribution < -0.4 is 4.74 Å². The monoisotopic (exact) mass is 248 g/mol. The van der Waals surface area contributed by atoms with Crippen molar-refractivity contribution in [3.05, 3.63) is 33.9 Å². The van der Waals surface area contributed by atoms with Gasteiger partial charge in [0.25, 0.3) is 5.91 Å². The van der Waals surface area contributed by atoms with E-state index < -0.39 is 4.92 Å². The van der Waals surface area contributed by atoms with Crippen LogP contribution in [0.25, 0.3) is 0 Å². The van der Waals surface area contributed by atoms with Gasteiger partial charge in [-0.05, 0) is 6.07 Å². The highest BCUT2D eigenvalue weighted by atomic mass is 16.6. The van der Waals surface area contributed by atoms with E-state index in [1.54, 1.807) is 7.05 Å². The number of hydrogen-bond donors (Lipinski definition) is 0. The first-order valence-electron chi connectivity index (χ1n) is 5.02. The number of nitro benzene ring substituents is 1. The van der Waals surface area contributed by atoms with Crippen LogP contribution in [0.15, 0.2) is 18.2 Å². The highest BCUT2D eigenvalue weighted by Crippen LogP contribution is 2.27. The summed E-state index contributed by atoms with van der Waals surface area (Å²) in [7, 11) is 2.86. The lowest BCUT2D eigenvalue weighted by Crippen LogP contribution is -2.26. The van der Waals surface area contributed by atoms with Crippen LogP contribution in [-0.2, 0) is 0 Å². The van der Waals surface area contributed by atoms with Gasteiger partial charge in [0.05, 0.1) is 18.6 Å². The molecule has 0 aliphatic rings. The predicted molar refractivity (Wildman–Crippen MR) is 65.4 cm³/mol. The molecule has 1 aromatic carbocycles. The number of amides is 1. The number of benzene rings is 1. The normalized spacial score (nSPS) is 9.39. The number of nitro groups is 1. The zero-order chi connectivity index (χ0) is 13.7. The van der Waals surface area contributed by atoms with Crippen molar-refractivity contribution in [3.63, 3.8) is 0 Å². The van der Waals surface area contributed by atoms with Crippen molar-refractivity contribution in [2.45, 2.75) is 0 Å². The van der Waals surface area contributed by atoms with Crippen LogP contribution in [0.4, 0.5) is 5.69 Å². The molecule has 1 amide bonds. The first-order valence-corrected chi connectivity index (χ1v) is 5.02. The fourth-order valence-electron chi connectivity index (χ4n) is 1.39. The third kappa shape index (κ3) is 2.77. The van der Waals surface area contributed by atoms with Gasteiger partial charge in [-0.25, -0.2) is 0 Å². The lowest BCUT2D eigenvalue weighted by atomic mass is 10.1. The Kier molecular flexibility index (Phi) is 4.27. The summed E-state index contributed by atoms with van der Waals surface area (Å²) in [5, 5.41) is 10.7.